The van der Waals surface area contributed by atoms with Crippen LogP contribution < -0.4 is 0 Å². The molecule has 1 aromatic carbocycles. The third-order valence-corrected chi connectivity index (χ3v) is 7.19. The van der Waals surface area contributed by atoms with Gasteiger partial charge in [-0.1, -0.05) is 12.5 Å². The van der Waals surface area contributed by atoms with Crippen molar-refractivity contribution in [2.75, 3.05) is 0 Å². The molecule has 0 amide bonds. The lowest BCUT2D eigenvalue weighted by Crippen LogP contribution is -2.49. The second kappa shape index (κ2) is 9.70. The van der Waals surface area contributed by atoms with Crippen molar-refractivity contribution in [3.8, 4) is 11.3 Å². The van der Waals surface area contributed by atoms with E-state index in [2.05, 4.69) is 32.5 Å². The Labute approximate surface area is 210 Å². The van der Waals surface area contributed by atoms with Crippen molar-refractivity contribution in [2.24, 2.45) is 11.3 Å². The maximum atomic E-state index is 13.4. The number of aliphatic hydroxyl groups is 1. The van der Waals surface area contributed by atoms with E-state index in [1.165, 1.54) is 17.7 Å². The van der Waals surface area contributed by atoms with E-state index in [1.54, 1.807) is 30.6 Å². The number of nitrogens with zero attached hydrogens (tertiary/aromatic N) is 4. The summed E-state index contributed by atoms with van der Waals surface area (Å²) in [5, 5.41) is 18.7. The Kier molecular flexibility index (Phi) is 6.93. The van der Waals surface area contributed by atoms with Gasteiger partial charge in [0.25, 0.3) is 0 Å². The summed E-state index contributed by atoms with van der Waals surface area (Å²) in [5.41, 5.74) is 2.78. The van der Waals surface area contributed by atoms with Gasteiger partial charge in [-0.25, -0.2) is 24.1 Å². The van der Waals surface area contributed by atoms with Gasteiger partial charge in [0.15, 0.2) is 5.82 Å². The van der Waals surface area contributed by atoms with Crippen LogP contribution in [0, 0.1) is 17.2 Å². The van der Waals surface area contributed by atoms with Crippen LogP contribution in [0.25, 0.3) is 17.3 Å². The van der Waals surface area contributed by atoms with Crippen LogP contribution in [0.5, 0.6) is 0 Å². The van der Waals surface area contributed by atoms with E-state index in [-0.39, 0.29) is 17.2 Å². The minimum absolute atomic E-state index is 0.0165. The number of carbonyl (C=O) groups is 1. The van der Waals surface area contributed by atoms with E-state index in [9.17, 15) is 22.7 Å². The zero-order chi connectivity index (χ0) is 27.0. The Morgan fingerprint density at radius 2 is 1.76 bits per heavy atom. The normalized spacial score (nSPS) is 22.5. The molecule has 1 aliphatic carbocycles. The van der Waals surface area contributed by atoms with E-state index in [4.69, 9.17) is 9.90 Å². The van der Waals surface area contributed by atoms with Gasteiger partial charge < -0.3 is 14.8 Å². The second-order valence-electron chi connectivity index (χ2n) is 9.67. The molecule has 0 saturated heterocycles. The standard InChI is InChI=1S/C24H25FN4O.C2HF3O2/c1-23-14-29-15-28-21(16-7-9-18(25)10-8-16)19(29)13-17(23)5-3-6-20(23)24(2,30)22-26-11-4-12-27-22;3-2(4,5)1(6)7/h4,7-13,15,20,30H,3,5-6,14H2,1-2H3;(H,6,7)/t20-,23-,24-;/m0./s1. The molecular weight excluding hydrogens is 492 g/mol. The van der Waals surface area contributed by atoms with E-state index < -0.39 is 17.7 Å². The van der Waals surface area contributed by atoms with Gasteiger partial charge >= 0.3 is 12.1 Å². The molecule has 1 saturated carbocycles. The SMILES string of the molecule is C[C@]12Cn3cnc(-c4ccc(F)cc4)c3C=C1CCC[C@@H]2[C@](C)(O)c1ncccn1.O=C(O)C(F)(F)F. The number of hydrogen-bond acceptors (Lipinski definition) is 5. The molecular formula is C26H26F4N4O3. The monoisotopic (exact) mass is 518 g/mol. The van der Waals surface area contributed by atoms with Crippen molar-refractivity contribution < 1.29 is 32.6 Å². The molecule has 196 valence electrons. The van der Waals surface area contributed by atoms with E-state index >= 15 is 0 Å². The van der Waals surface area contributed by atoms with Crippen LogP contribution in [0.4, 0.5) is 17.6 Å². The van der Waals surface area contributed by atoms with Crippen molar-refractivity contribution in [3.05, 3.63) is 72.0 Å². The third-order valence-electron chi connectivity index (χ3n) is 7.19. The molecule has 0 unspecified atom stereocenters. The Bertz CT molecular complexity index is 1300. The minimum Gasteiger partial charge on any atom is -0.475 e. The van der Waals surface area contributed by atoms with E-state index in [0.29, 0.717) is 5.82 Å². The number of benzene rings is 1. The maximum absolute atomic E-state index is 13.4. The van der Waals surface area contributed by atoms with Crippen LogP contribution in [0.1, 0.15) is 44.6 Å². The van der Waals surface area contributed by atoms with Gasteiger partial charge in [-0.2, -0.15) is 13.2 Å². The van der Waals surface area contributed by atoms with Gasteiger partial charge in [-0.15, -0.1) is 0 Å². The first-order chi connectivity index (χ1) is 17.3. The highest BCUT2D eigenvalue weighted by Crippen LogP contribution is 2.55. The van der Waals surface area contributed by atoms with Crippen LogP contribution >= 0.6 is 0 Å². The number of hydrogen-bond donors (Lipinski definition) is 2. The molecule has 3 heterocycles. The van der Waals surface area contributed by atoms with Crippen molar-refractivity contribution in [2.45, 2.75) is 51.4 Å². The molecule has 0 radical (unpaired) electrons. The number of fused-ring (bicyclic) bond motifs is 2. The number of carboxylic acid groups (broad SMARTS) is 1. The van der Waals surface area contributed by atoms with Gasteiger partial charge in [0, 0.05) is 35.8 Å². The molecule has 5 rings (SSSR count). The molecule has 37 heavy (non-hydrogen) atoms. The molecule has 2 aromatic heterocycles. The van der Waals surface area contributed by atoms with Gasteiger partial charge in [-0.3, -0.25) is 0 Å². The summed E-state index contributed by atoms with van der Waals surface area (Å²) >= 11 is 0. The summed E-state index contributed by atoms with van der Waals surface area (Å²) in [5.74, 6) is -2.55. The van der Waals surface area contributed by atoms with Crippen LogP contribution in [0.15, 0.2) is 54.6 Å². The van der Waals surface area contributed by atoms with E-state index in [0.717, 1.165) is 42.8 Å². The second-order valence-corrected chi connectivity index (χ2v) is 9.67. The summed E-state index contributed by atoms with van der Waals surface area (Å²) in [6, 6.07) is 8.24. The number of carboxylic acids is 1. The highest BCUT2D eigenvalue weighted by Gasteiger charge is 2.52. The number of allylic oxidation sites excluding steroid dienone is 1. The van der Waals surface area contributed by atoms with Gasteiger partial charge in [0.2, 0.25) is 0 Å². The highest BCUT2D eigenvalue weighted by molar-refractivity contribution is 5.73. The number of aliphatic carboxylic acids is 1. The van der Waals surface area contributed by atoms with Crippen LogP contribution in [0.3, 0.4) is 0 Å². The zero-order valence-electron chi connectivity index (χ0n) is 20.2. The molecule has 11 heteroatoms. The summed E-state index contributed by atoms with van der Waals surface area (Å²) in [6.45, 7) is 4.81. The molecule has 1 aliphatic heterocycles. The van der Waals surface area contributed by atoms with Crippen LogP contribution in [-0.4, -0.2) is 41.9 Å². The van der Waals surface area contributed by atoms with Crippen molar-refractivity contribution >= 4 is 12.0 Å². The van der Waals surface area contributed by atoms with Crippen LogP contribution in [0.2, 0.25) is 0 Å². The first-order valence-corrected chi connectivity index (χ1v) is 11.7. The molecule has 1 fully saturated rings. The fourth-order valence-electron chi connectivity index (χ4n) is 5.41. The lowest BCUT2D eigenvalue weighted by atomic mass is 9.58. The summed E-state index contributed by atoms with van der Waals surface area (Å²) in [7, 11) is 0. The maximum Gasteiger partial charge on any atom is 0.490 e. The molecule has 3 atom stereocenters. The third kappa shape index (κ3) is 5.13. The lowest BCUT2D eigenvalue weighted by Gasteiger charge is -2.50. The first-order valence-electron chi connectivity index (χ1n) is 11.7. The van der Waals surface area contributed by atoms with Crippen molar-refractivity contribution in [3.63, 3.8) is 0 Å². The molecule has 3 aromatic rings. The average molecular weight is 519 g/mol. The Hall–Kier alpha value is -3.60. The largest absolute Gasteiger partial charge is 0.490 e. The summed E-state index contributed by atoms with van der Waals surface area (Å²) < 4.78 is 47.3. The van der Waals surface area contributed by atoms with E-state index in [1.807, 2.05) is 13.3 Å². The molecule has 0 spiro atoms. The number of aromatic nitrogens is 4. The highest BCUT2D eigenvalue weighted by atomic mass is 19.4. The topological polar surface area (TPSA) is 101 Å². The number of rotatable bonds is 3. The van der Waals surface area contributed by atoms with Gasteiger partial charge in [-0.05, 0) is 62.6 Å². The average Bonchev–Trinajstić information content (AvgIpc) is 3.24. The number of alkyl halides is 3. The molecule has 0 bridgehead atoms. The number of imidazole rings is 1. The number of halogens is 4. The Balaban J connectivity index is 0.000000405. The quantitative estimate of drug-likeness (QED) is 0.461. The van der Waals surface area contributed by atoms with Crippen LogP contribution in [-0.2, 0) is 16.9 Å². The van der Waals surface area contributed by atoms with Crippen molar-refractivity contribution in [1.82, 2.24) is 19.5 Å². The predicted octanol–water partition coefficient (Wildman–Crippen LogP) is 5.22. The zero-order valence-corrected chi connectivity index (χ0v) is 20.2. The van der Waals surface area contributed by atoms with Gasteiger partial charge in [0.05, 0.1) is 17.7 Å². The smallest absolute Gasteiger partial charge is 0.475 e. The summed E-state index contributed by atoms with van der Waals surface area (Å²) in [4.78, 5) is 22.3. The summed E-state index contributed by atoms with van der Waals surface area (Å²) in [6.07, 6.45) is 5.27. The Morgan fingerprint density at radius 3 is 2.35 bits per heavy atom. The fourth-order valence-corrected chi connectivity index (χ4v) is 5.41. The lowest BCUT2D eigenvalue weighted by molar-refractivity contribution is -0.192. The first kappa shape index (κ1) is 26.5. The van der Waals surface area contributed by atoms with Gasteiger partial charge in [0.1, 0.15) is 11.4 Å². The predicted molar refractivity (Wildman–Crippen MR) is 126 cm³/mol. The fraction of sp³-hybridized carbons (Fsp3) is 0.385. The molecule has 2 N–H and O–H groups in total. The molecule has 7 nitrogen and oxygen atoms in total. The molecule has 2 aliphatic rings. The minimum atomic E-state index is -5.08. The van der Waals surface area contributed by atoms with Crippen molar-refractivity contribution in [1.29, 1.82) is 0 Å². The Morgan fingerprint density at radius 1 is 1.14 bits per heavy atom.